The van der Waals surface area contributed by atoms with Crippen LogP contribution in [-0.4, -0.2) is 29.8 Å². The van der Waals surface area contributed by atoms with E-state index in [1.807, 2.05) is 19.6 Å². The zero-order valence-corrected chi connectivity index (χ0v) is 11.0. The molecule has 4 heteroatoms. The molecule has 1 aliphatic rings. The Morgan fingerprint density at radius 3 is 3.12 bits per heavy atom. The summed E-state index contributed by atoms with van der Waals surface area (Å²) in [5, 5.41) is 3.27. The van der Waals surface area contributed by atoms with Gasteiger partial charge in [0.15, 0.2) is 0 Å². The Hall–Kier alpha value is -0.870. The fourth-order valence-electron chi connectivity index (χ4n) is 2.61. The highest BCUT2D eigenvalue weighted by molar-refractivity contribution is 5.07. The van der Waals surface area contributed by atoms with Gasteiger partial charge in [-0.05, 0) is 33.7 Å². The van der Waals surface area contributed by atoms with Crippen LogP contribution in [-0.2, 0) is 4.74 Å². The highest BCUT2D eigenvalue weighted by Gasteiger charge is 2.29. The van der Waals surface area contributed by atoms with Crippen LogP contribution in [0.2, 0.25) is 0 Å². The van der Waals surface area contributed by atoms with Gasteiger partial charge in [0.1, 0.15) is 6.10 Å². The molecule has 1 aromatic heterocycles. The summed E-state index contributed by atoms with van der Waals surface area (Å²) in [6.07, 6.45) is 6.46. The molecule has 96 valence electrons. The van der Waals surface area contributed by atoms with E-state index in [0.717, 1.165) is 13.2 Å². The van der Waals surface area contributed by atoms with Crippen LogP contribution in [0.1, 0.15) is 44.5 Å². The fourth-order valence-corrected chi connectivity index (χ4v) is 2.61. The van der Waals surface area contributed by atoms with E-state index in [0.29, 0.717) is 12.0 Å². The minimum absolute atomic E-state index is 0.195. The summed E-state index contributed by atoms with van der Waals surface area (Å²) >= 11 is 0. The van der Waals surface area contributed by atoms with E-state index < -0.39 is 0 Å². The molecule has 0 aliphatic carbocycles. The molecule has 1 aliphatic heterocycles. The van der Waals surface area contributed by atoms with Crippen molar-refractivity contribution in [1.29, 1.82) is 0 Å². The minimum Gasteiger partial charge on any atom is -0.372 e. The van der Waals surface area contributed by atoms with Crippen LogP contribution >= 0.6 is 0 Å². The SMILES string of the molecule is CNCC1CCCOC1c1cncn1C(C)C. The van der Waals surface area contributed by atoms with Gasteiger partial charge in [-0.1, -0.05) is 0 Å². The van der Waals surface area contributed by atoms with Crippen LogP contribution in [0.4, 0.5) is 0 Å². The Morgan fingerprint density at radius 1 is 1.59 bits per heavy atom. The molecule has 0 saturated carbocycles. The molecular weight excluding hydrogens is 214 g/mol. The molecule has 1 saturated heterocycles. The van der Waals surface area contributed by atoms with Gasteiger partial charge in [0.25, 0.3) is 0 Å². The summed E-state index contributed by atoms with van der Waals surface area (Å²) < 4.78 is 8.20. The average Bonchev–Trinajstić information content (AvgIpc) is 2.79. The zero-order valence-electron chi connectivity index (χ0n) is 11.0. The van der Waals surface area contributed by atoms with Crippen LogP contribution in [0.3, 0.4) is 0 Å². The molecular formula is C13H23N3O. The lowest BCUT2D eigenvalue weighted by atomic mass is 9.92. The van der Waals surface area contributed by atoms with E-state index in [1.165, 1.54) is 18.5 Å². The standard InChI is InChI=1S/C13H23N3O/c1-10(2)16-9-15-8-12(16)13-11(7-14-3)5-4-6-17-13/h8-11,13-14H,4-7H2,1-3H3. The van der Waals surface area contributed by atoms with E-state index >= 15 is 0 Å². The fraction of sp³-hybridized carbons (Fsp3) is 0.769. The monoisotopic (exact) mass is 237 g/mol. The molecule has 0 aromatic carbocycles. The quantitative estimate of drug-likeness (QED) is 0.872. The lowest BCUT2D eigenvalue weighted by Crippen LogP contribution is -2.31. The van der Waals surface area contributed by atoms with E-state index in [9.17, 15) is 0 Å². The van der Waals surface area contributed by atoms with Gasteiger partial charge >= 0.3 is 0 Å². The molecule has 2 unspecified atom stereocenters. The van der Waals surface area contributed by atoms with Gasteiger partial charge in [0, 0.05) is 25.1 Å². The van der Waals surface area contributed by atoms with E-state index in [4.69, 9.17) is 4.74 Å². The molecule has 0 amide bonds. The number of nitrogens with one attached hydrogen (secondary N) is 1. The smallest absolute Gasteiger partial charge is 0.103 e. The molecule has 2 heterocycles. The summed E-state index contributed by atoms with van der Waals surface area (Å²) in [5.41, 5.74) is 1.22. The summed E-state index contributed by atoms with van der Waals surface area (Å²) in [5.74, 6) is 0.558. The molecule has 2 atom stereocenters. The topological polar surface area (TPSA) is 39.1 Å². The molecule has 2 rings (SSSR count). The number of aromatic nitrogens is 2. The van der Waals surface area contributed by atoms with Crippen LogP contribution in [0.5, 0.6) is 0 Å². The Morgan fingerprint density at radius 2 is 2.41 bits per heavy atom. The van der Waals surface area contributed by atoms with Crippen molar-refractivity contribution in [1.82, 2.24) is 14.9 Å². The molecule has 0 radical (unpaired) electrons. The Labute approximate surface area is 103 Å². The number of imidazole rings is 1. The first-order valence-corrected chi connectivity index (χ1v) is 6.52. The summed E-state index contributed by atoms with van der Waals surface area (Å²) in [7, 11) is 2.01. The van der Waals surface area contributed by atoms with Crippen molar-refractivity contribution >= 4 is 0 Å². The maximum absolute atomic E-state index is 5.98. The van der Waals surface area contributed by atoms with E-state index in [2.05, 4.69) is 28.7 Å². The van der Waals surface area contributed by atoms with Crippen molar-refractivity contribution < 1.29 is 4.74 Å². The van der Waals surface area contributed by atoms with Gasteiger partial charge in [-0.25, -0.2) is 4.98 Å². The van der Waals surface area contributed by atoms with Crippen molar-refractivity contribution in [2.75, 3.05) is 20.2 Å². The second kappa shape index (κ2) is 5.65. The number of rotatable bonds is 4. The highest BCUT2D eigenvalue weighted by Crippen LogP contribution is 2.33. The van der Waals surface area contributed by atoms with Crippen molar-refractivity contribution in [2.24, 2.45) is 5.92 Å². The maximum atomic E-state index is 5.98. The van der Waals surface area contributed by atoms with Crippen molar-refractivity contribution in [3.63, 3.8) is 0 Å². The predicted octanol–water partition coefficient (Wildman–Crippen LogP) is 2.15. The van der Waals surface area contributed by atoms with Gasteiger partial charge in [-0.3, -0.25) is 0 Å². The predicted molar refractivity (Wildman–Crippen MR) is 68.0 cm³/mol. The van der Waals surface area contributed by atoms with Crippen LogP contribution in [0.15, 0.2) is 12.5 Å². The first-order valence-electron chi connectivity index (χ1n) is 6.52. The van der Waals surface area contributed by atoms with Crippen molar-refractivity contribution in [3.8, 4) is 0 Å². The molecule has 1 aromatic rings. The third-order valence-corrected chi connectivity index (χ3v) is 3.45. The maximum Gasteiger partial charge on any atom is 0.103 e. The van der Waals surface area contributed by atoms with E-state index in [1.54, 1.807) is 0 Å². The Balaban J connectivity index is 2.20. The zero-order chi connectivity index (χ0) is 12.3. The molecule has 1 fully saturated rings. The average molecular weight is 237 g/mol. The molecule has 17 heavy (non-hydrogen) atoms. The molecule has 4 nitrogen and oxygen atoms in total. The summed E-state index contributed by atoms with van der Waals surface area (Å²) in [4.78, 5) is 4.28. The first kappa shape index (κ1) is 12.6. The first-order chi connectivity index (χ1) is 8.24. The van der Waals surface area contributed by atoms with Crippen molar-refractivity contribution in [2.45, 2.75) is 38.8 Å². The second-order valence-electron chi connectivity index (χ2n) is 5.07. The normalized spacial score (nSPS) is 25.4. The molecule has 1 N–H and O–H groups in total. The van der Waals surface area contributed by atoms with Crippen LogP contribution in [0.25, 0.3) is 0 Å². The van der Waals surface area contributed by atoms with Gasteiger partial charge in [0.2, 0.25) is 0 Å². The molecule has 0 spiro atoms. The summed E-state index contributed by atoms with van der Waals surface area (Å²) in [6, 6.07) is 0.438. The van der Waals surface area contributed by atoms with Gasteiger partial charge in [-0.2, -0.15) is 0 Å². The number of nitrogens with zero attached hydrogens (tertiary/aromatic N) is 2. The number of ether oxygens (including phenoxy) is 1. The largest absolute Gasteiger partial charge is 0.372 e. The van der Waals surface area contributed by atoms with Crippen LogP contribution in [0, 0.1) is 5.92 Å². The third-order valence-electron chi connectivity index (χ3n) is 3.45. The Bertz CT molecular complexity index is 346. The molecule has 0 bridgehead atoms. The van der Waals surface area contributed by atoms with Gasteiger partial charge < -0.3 is 14.6 Å². The number of hydrogen-bond acceptors (Lipinski definition) is 3. The summed E-state index contributed by atoms with van der Waals surface area (Å²) in [6.45, 7) is 6.24. The Kier molecular flexibility index (Phi) is 4.18. The highest BCUT2D eigenvalue weighted by atomic mass is 16.5. The van der Waals surface area contributed by atoms with Gasteiger partial charge in [0.05, 0.1) is 18.2 Å². The lowest BCUT2D eigenvalue weighted by Gasteiger charge is -2.32. The van der Waals surface area contributed by atoms with Crippen molar-refractivity contribution in [3.05, 3.63) is 18.2 Å². The lowest BCUT2D eigenvalue weighted by molar-refractivity contribution is -0.0320. The number of hydrogen-bond donors (Lipinski definition) is 1. The van der Waals surface area contributed by atoms with Crippen LogP contribution < -0.4 is 5.32 Å². The second-order valence-corrected chi connectivity index (χ2v) is 5.07. The van der Waals surface area contributed by atoms with E-state index in [-0.39, 0.29) is 6.10 Å². The minimum atomic E-state index is 0.195. The third kappa shape index (κ3) is 2.69. The van der Waals surface area contributed by atoms with Gasteiger partial charge in [-0.15, -0.1) is 0 Å².